The maximum atomic E-state index is 12.3. The summed E-state index contributed by atoms with van der Waals surface area (Å²) in [5.74, 6) is 0.730. The molecule has 2 aromatic rings. The molecule has 0 heterocycles. The second kappa shape index (κ2) is 7.36. The normalized spacial score (nSPS) is 12.2. The standard InChI is InChI=1S/C18H21NO2S/c1-13(2)15-7-5-9-17(11-15)19-18(20)16-8-4-6-14(10-16)12-22(3)21/h4-11,13H,12H2,1-3H3,(H,19,20)/t22-/m0/s1. The van der Waals surface area contributed by atoms with Crippen molar-refractivity contribution in [3.63, 3.8) is 0 Å². The molecule has 0 aromatic heterocycles. The molecule has 1 atom stereocenters. The summed E-state index contributed by atoms with van der Waals surface area (Å²) in [5, 5.41) is 2.92. The first-order valence-electron chi connectivity index (χ1n) is 7.26. The van der Waals surface area contributed by atoms with E-state index in [0.717, 1.165) is 11.3 Å². The Labute approximate surface area is 134 Å². The molecular formula is C18H21NO2S. The van der Waals surface area contributed by atoms with Gasteiger partial charge in [-0.05, 0) is 41.3 Å². The van der Waals surface area contributed by atoms with Crippen LogP contribution in [0.4, 0.5) is 5.69 Å². The number of nitrogens with one attached hydrogen (secondary N) is 1. The number of anilines is 1. The van der Waals surface area contributed by atoms with Crippen molar-refractivity contribution in [1.29, 1.82) is 0 Å². The van der Waals surface area contributed by atoms with E-state index in [1.165, 1.54) is 5.56 Å². The smallest absolute Gasteiger partial charge is 0.255 e. The van der Waals surface area contributed by atoms with Crippen LogP contribution >= 0.6 is 0 Å². The van der Waals surface area contributed by atoms with E-state index in [4.69, 9.17) is 0 Å². The van der Waals surface area contributed by atoms with Crippen molar-refractivity contribution in [2.45, 2.75) is 25.5 Å². The molecule has 0 unspecified atom stereocenters. The second-order valence-corrected chi connectivity index (χ2v) is 7.09. The Morgan fingerprint density at radius 3 is 2.55 bits per heavy atom. The predicted octanol–water partition coefficient (Wildman–Crippen LogP) is 3.94. The molecule has 0 spiro atoms. The highest BCUT2D eigenvalue weighted by molar-refractivity contribution is 7.83. The zero-order valence-electron chi connectivity index (χ0n) is 13.1. The van der Waals surface area contributed by atoms with Gasteiger partial charge in [-0.2, -0.15) is 0 Å². The van der Waals surface area contributed by atoms with Gasteiger partial charge in [0.05, 0.1) is 0 Å². The highest BCUT2D eigenvalue weighted by Gasteiger charge is 2.08. The van der Waals surface area contributed by atoms with E-state index in [-0.39, 0.29) is 5.91 Å². The molecule has 0 aliphatic rings. The minimum Gasteiger partial charge on any atom is -0.322 e. The lowest BCUT2D eigenvalue weighted by Gasteiger charge is -2.10. The van der Waals surface area contributed by atoms with Crippen molar-refractivity contribution in [3.05, 3.63) is 65.2 Å². The van der Waals surface area contributed by atoms with Crippen LogP contribution in [0.2, 0.25) is 0 Å². The maximum Gasteiger partial charge on any atom is 0.255 e. The zero-order chi connectivity index (χ0) is 16.1. The molecular weight excluding hydrogens is 294 g/mol. The van der Waals surface area contributed by atoms with Gasteiger partial charge in [0.25, 0.3) is 5.91 Å². The molecule has 0 aliphatic carbocycles. The molecule has 1 N–H and O–H groups in total. The highest BCUT2D eigenvalue weighted by Crippen LogP contribution is 2.19. The van der Waals surface area contributed by atoms with Gasteiger partial charge in [0, 0.05) is 34.1 Å². The van der Waals surface area contributed by atoms with E-state index >= 15 is 0 Å². The number of benzene rings is 2. The van der Waals surface area contributed by atoms with Crippen LogP contribution in [0, 0.1) is 0 Å². The van der Waals surface area contributed by atoms with Gasteiger partial charge in [0.1, 0.15) is 0 Å². The lowest BCUT2D eigenvalue weighted by molar-refractivity contribution is 0.102. The van der Waals surface area contributed by atoms with Crippen LogP contribution in [-0.2, 0) is 16.6 Å². The largest absolute Gasteiger partial charge is 0.322 e. The van der Waals surface area contributed by atoms with Crippen LogP contribution in [0.15, 0.2) is 48.5 Å². The van der Waals surface area contributed by atoms with Gasteiger partial charge in [0.2, 0.25) is 0 Å². The van der Waals surface area contributed by atoms with Gasteiger partial charge in [-0.15, -0.1) is 0 Å². The fourth-order valence-electron chi connectivity index (χ4n) is 2.22. The number of hydrogen-bond donors (Lipinski definition) is 1. The SMILES string of the molecule is CC(C)c1cccc(NC(=O)c2cccc(C[S@](C)=O)c2)c1. The molecule has 1 amide bonds. The fourth-order valence-corrected chi connectivity index (χ4v) is 2.86. The van der Waals surface area contributed by atoms with Crippen molar-refractivity contribution in [1.82, 2.24) is 0 Å². The zero-order valence-corrected chi connectivity index (χ0v) is 13.9. The molecule has 0 radical (unpaired) electrons. The molecule has 116 valence electrons. The fraction of sp³-hybridized carbons (Fsp3) is 0.278. The molecule has 0 saturated carbocycles. The molecule has 0 fully saturated rings. The summed E-state index contributed by atoms with van der Waals surface area (Å²) in [7, 11) is -0.916. The van der Waals surface area contributed by atoms with Crippen molar-refractivity contribution in [2.24, 2.45) is 0 Å². The van der Waals surface area contributed by atoms with Gasteiger partial charge in [-0.25, -0.2) is 0 Å². The molecule has 22 heavy (non-hydrogen) atoms. The molecule has 0 saturated heterocycles. The summed E-state index contributed by atoms with van der Waals surface area (Å²) in [4.78, 5) is 12.3. The Morgan fingerprint density at radius 1 is 1.14 bits per heavy atom. The molecule has 0 aliphatic heterocycles. The Bertz CT molecular complexity index is 695. The number of amides is 1. The van der Waals surface area contributed by atoms with E-state index in [2.05, 4.69) is 25.2 Å². The summed E-state index contributed by atoms with van der Waals surface area (Å²) >= 11 is 0. The molecule has 2 aromatic carbocycles. The first-order chi connectivity index (χ1) is 10.5. The van der Waals surface area contributed by atoms with Crippen LogP contribution in [0.3, 0.4) is 0 Å². The maximum absolute atomic E-state index is 12.3. The van der Waals surface area contributed by atoms with E-state index in [9.17, 15) is 9.00 Å². The van der Waals surface area contributed by atoms with Crippen LogP contribution < -0.4 is 5.32 Å². The average Bonchev–Trinajstić information content (AvgIpc) is 2.47. The summed E-state index contributed by atoms with van der Waals surface area (Å²) < 4.78 is 11.3. The Balaban J connectivity index is 2.15. The van der Waals surface area contributed by atoms with E-state index in [1.54, 1.807) is 18.4 Å². The van der Waals surface area contributed by atoms with Crippen LogP contribution in [0.25, 0.3) is 0 Å². The van der Waals surface area contributed by atoms with E-state index < -0.39 is 10.8 Å². The van der Waals surface area contributed by atoms with Crippen molar-refractivity contribution < 1.29 is 9.00 Å². The van der Waals surface area contributed by atoms with E-state index in [1.807, 2.05) is 30.3 Å². The quantitative estimate of drug-likeness (QED) is 0.908. The average molecular weight is 315 g/mol. The second-order valence-electron chi connectivity index (χ2n) is 5.65. The van der Waals surface area contributed by atoms with Crippen molar-refractivity contribution >= 4 is 22.4 Å². The third kappa shape index (κ3) is 4.53. The Hall–Kier alpha value is -1.94. The minimum absolute atomic E-state index is 0.148. The van der Waals surface area contributed by atoms with Crippen LogP contribution in [0.1, 0.15) is 41.3 Å². The molecule has 4 heteroatoms. The topological polar surface area (TPSA) is 46.2 Å². The van der Waals surface area contributed by atoms with Crippen molar-refractivity contribution in [2.75, 3.05) is 11.6 Å². The Morgan fingerprint density at radius 2 is 1.86 bits per heavy atom. The van der Waals surface area contributed by atoms with E-state index in [0.29, 0.717) is 17.2 Å². The number of carbonyl (C=O) groups is 1. The molecule has 2 rings (SSSR count). The van der Waals surface area contributed by atoms with Crippen LogP contribution in [-0.4, -0.2) is 16.4 Å². The first-order valence-corrected chi connectivity index (χ1v) is 8.98. The number of hydrogen-bond acceptors (Lipinski definition) is 2. The van der Waals surface area contributed by atoms with Gasteiger partial charge < -0.3 is 5.32 Å². The van der Waals surface area contributed by atoms with Gasteiger partial charge >= 0.3 is 0 Å². The number of carbonyl (C=O) groups excluding carboxylic acids is 1. The van der Waals surface area contributed by atoms with Crippen LogP contribution in [0.5, 0.6) is 0 Å². The molecule has 3 nitrogen and oxygen atoms in total. The third-order valence-electron chi connectivity index (χ3n) is 3.37. The summed E-state index contributed by atoms with van der Waals surface area (Å²) in [5.41, 5.74) is 3.47. The number of rotatable bonds is 5. The lowest BCUT2D eigenvalue weighted by atomic mass is 10.0. The lowest BCUT2D eigenvalue weighted by Crippen LogP contribution is -2.12. The monoisotopic (exact) mass is 315 g/mol. The Kier molecular flexibility index (Phi) is 5.50. The van der Waals surface area contributed by atoms with Gasteiger partial charge in [-0.3, -0.25) is 9.00 Å². The summed E-state index contributed by atoms with van der Waals surface area (Å²) in [6.45, 7) is 4.24. The molecule has 0 bridgehead atoms. The third-order valence-corrected chi connectivity index (χ3v) is 4.11. The summed E-state index contributed by atoms with van der Waals surface area (Å²) in [6.07, 6.45) is 1.66. The van der Waals surface area contributed by atoms with Gasteiger partial charge in [0.15, 0.2) is 0 Å². The first kappa shape index (κ1) is 16.4. The summed E-state index contributed by atoms with van der Waals surface area (Å²) in [6, 6.07) is 15.1. The predicted molar refractivity (Wildman–Crippen MR) is 92.7 cm³/mol. The van der Waals surface area contributed by atoms with Crippen molar-refractivity contribution in [3.8, 4) is 0 Å². The minimum atomic E-state index is -0.916. The highest BCUT2D eigenvalue weighted by atomic mass is 32.2. The van der Waals surface area contributed by atoms with Gasteiger partial charge in [-0.1, -0.05) is 38.1 Å².